The molecule has 0 saturated heterocycles. The lowest BCUT2D eigenvalue weighted by atomic mass is 10.1. The molecule has 2 amide bonds. The summed E-state index contributed by atoms with van der Waals surface area (Å²) in [5.41, 5.74) is 1.58. The number of nitrogens with zero attached hydrogens (tertiary/aromatic N) is 2. The van der Waals surface area contributed by atoms with Crippen LogP contribution < -0.4 is 10.6 Å². The molecule has 0 aliphatic carbocycles. The van der Waals surface area contributed by atoms with Gasteiger partial charge in [0, 0.05) is 35.9 Å². The molecule has 2 aromatic carbocycles. The summed E-state index contributed by atoms with van der Waals surface area (Å²) in [7, 11) is 1.83. The third-order valence-corrected chi connectivity index (χ3v) is 5.18. The molecular weight excluding hydrogens is 449 g/mol. The van der Waals surface area contributed by atoms with Gasteiger partial charge < -0.3 is 15.5 Å². The van der Waals surface area contributed by atoms with Gasteiger partial charge in [-0.05, 0) is 49.4 Å². The van der Waals surface area contributed by atoms with Gasteiger partial charge in [-0.25, -0.2) is 4.98 Å². The summed E-state index contributed by atoms with van der Waals surface area (Å²) in [6, 6.07) is 14.5. The molecule has 32 heavy (non-hydrogen) atoms. The van der Waals surface area contributed by atoms with Gasteiger partial charge in [0.05, 0.1) is 16.3 Å². The molecule has 0 spiro atoms. The van der Waals surface area contributed by atoms with Gasteiger partial charge in [-0.1, -0.05) is 35.3 Å². The Morgan fingerprint density at radius 1 is 0.938 bits per heavy atom. The zero-order chi connectivity index (χ0) is 23.3. The Bertz CT molecular complexity index is 1150. The minimum Gasteiger partial charge on any atom is -0.360 e. The molecule has 9 heteroatoms. The standard InChI is InChI=1S/C23H21Cl2N5O2/c1-3-30(2)21(26)14-4-6-15(7-5-14)22(31)28-19-10-8-16(24)12-18(19)23(32)29-20-11-9-17(25)13-27-20/h4-13,26H,3H2,1-2H3,(H,28,31)(H,27,29,32). The van der Waals surface area contributed by atoms with Crippen LogP contribution in [0.1, 0.15) is 33.2 Å². The van der Waals surface area contributed by atoms with Crippen LogP contribution in [-0.2, 0) is 0 Å². The van der Waals surface area contributed by atoms with Gasteiger partial charge in [-0.2, -0.15) is 0 Å². The van der Waals surface area contributed by atoms with Crippen molar-refractivity contribution in [3.63, 3.8) is 0 Å². The number of hydrogen-bond donors (Lipinski definition) is 3. The first-order valence-electron chi connectivity index (χ1n) is 9.72. The maximum absolute atomic E-state index is 12.8. The fourth-order valence-corrected chi connectivity index (χ4v) is 3.08. The van der Waals surface area contributed by atoms with Gasteiger partial charge in [0.1, 0.15) is 11.7 Å². The van der Waals surface area contributed by atoms with Crippen molar-refractivity contribution in [1.29, 1.82) is 5.41 Å². The molecule has 3 N–H and O–H groups in total. The molecule has 1 heterocycles. The Kier molecular flexibility index (Phi) is 7.45. The fraction of sp³-hybridized carbons (Fsp3) is 0.130. The maximum atomic E-state index is 12.8. The van der Waals surface area contributed by atoms with E-state index >= 15 is 0 Å². The van der Waals surface area contributed by atoms with Crippen LogP contribution in [0.3, 0.4) is 0 Å². The van der Waals surface area contributed by atoms with Crippen LogP contribution in [-0.4, -0.2) is 41.1 Å². The second kappa shape index (κ2) is 10.3. The summed E-state index contributed by atoms with van der Waals surface area (Å²) < 4.78 is 0. The second-order valence-electron chi connectivity index (χ2n) is 6.90. The highest BCUT2D eigenvalue weighted by atomic mass is 35.5. The molecule has 0 aliphatic rings. The van der Waals surface area contributed by atoms with Gasteiger partial charge in [0.2, 0.25) is 0 Å². The molecular formula is C23H21Cl2N5O2. The Morgan fingerprint density at radius 2 is 1.59 bits per heavy atom. The minimum atomic E-state index is -0.482. The van der Waals surface area contributed by atoms with Crippen LogP contribution in [0.2, 0.25) is 10.0 Å². The molecule has 164 valence electrons. The number of aromatic nitrogens is 1. The molecule has 0 aliphatic heterocycles. The monoisotopic (exact) mass is 469 g/mol. The number of hydrogen-bond acceptors (Lipinski definition) is 4. The van der Waals surface area contributed by atoms with Crippen molar-refractivity contribution in [1.82, 2.24) is 9.88 Å². The van der Waals surface area contributed by atoms with Crippen molar-refractivity contribution in [2.75, 3.05) is 24.2 Å². The predicted molar refractivity (Wildman–Crippen MR) is 128 cm³/mol. The fourth-order valence-electron chi connectivity index (χ4n) is 2.80. The highest BCUT2D eigenvalue weighted by Gasteiger charge is 2.16. The molecule has 0 fully saturated rings. The van der Waals surface area contributed by atoms with E-state index in [2.05, 4.69) is 15.6 Å². The maximum Gasteiger partial charge on any atom is 0.258 e. The summed E-state index contributed by atoms with van der Waals surface area (Å²) >= 11 is 11.9. The normalized spacial score (nSPS) is 10.4. The van der Waals surface area contributed by atoms with E-state index < -0.39 is 11.8 Å². The number of carbonyl (C=O) groups is 2. The van der Waals surface area contributed by atoms with Crippen molar-refractivity contribution in [3.8, 4) is 0 Å². The van der Waals surface area contributed by atoms with E-state index in [-0.39, 0.29) is 5.56 Å². The summed E-state index contributed by atoms with van der Waals surface area (Å²) in [6.45, 7) is 2.66. The molecule has 0 saturated carbocycles. The van der Waals surface area contributed by atoms with Gasteiger partial charge in [0.25, 0.3) is 11.8 Å². The molecule has 0 atom stereocenters. The number of amides is 2. The average molecular weight is 470 g/mol. The summed E-state index contributed by atoms with van der Waals surface area (Å²) in [6.07, 6.45) is 1.42. The topological polar surface area (TPSA) is 98.2 Å². The molecule has 7 nitrogen and oxygen atoms in total. The SMILES string of the molecule is CCN(C)C(=N)c1ccc(C(=O)Nc2ccc(Cl)cc2C(=O)Nc2ccc(Cl)cn2)cc1. The zero-order valence-corrected chi connectivity index (χ0v) is 19.0. The van der Waals surface area contributed by atoms with Crippen molar-refractivity contribution >= 4 is 52.4 Å². The van der Waals surface area contributed by atoms with E-state index in [0.717, 1.165) is 0 Å². The Balaban J connectivity index is 1.78. The first-order valence-corrected chi connectivity index (χ1v) is 10.5. The highest BCUT2D eigenvalue weighted by molar-refractivity contribution is 6.31. The second-order valence-corrected chi connectivity index (χ2v) is 7.77. The average Bonchev–Trinajstić information content (AvgIpc) is 2.80. The summed E-state index contributed by atoms with van der Waals surface area (Å²) in [5.74, 6) is -0.199. The number of halogens is 2. The van der Waals surface area contributed by atoms with Crippen molar-refractivity contribution < 1.29 is 9.59 Å². The van der Waals surface area contributed by atoms with Crippen LogP contribution in [0, 0.1) is 5.41 Å². The first kappa shape index (κ1) is 23.2. The van der Waals surface area contributed by atoms with Gasteiger partial charge >= 0.3 is 0 Å². The van der Waals surface area contributed by atoms with Crippen LogP contribution in [0.4, 0.5) is 11.5 Å². The number of benzene rings is 2. The van der Waals surface area contributed by atoms with Gasteiger partial charge in [-0.3, -0.25) is 15.0 Å². The van der Waals surface area contributed by atoms with E-state index in [9.17, 15) is 9.59 Å². The Hall–Kier alpha value is -3.42. The number of pyridine rings is 1. The lowest BCUT2D eigenvalue weighted by Crippen LogP contribution is -2.26. The molecule has 1 aromatic heterocycles. The van der Waals surface area contributed by atoms with Gasteiger partial charge in [0.15, 0.2) is 0 Å². The lowest BCUT2D eigenvalue weighted by Gasteiger charge is -2.17. The van der Waals surface area contributed by atoms with Crippen molar-refractivity contribution in [2.45, 2.75) is 6.92 Å². The van der Waals surface area contributed by atoms with E-state index in [1.807, 2.05) is 14.0 Å². The van der Waals surface area contributed by atoms with Crippen LogP contribution in [0.15, 0.2) is 60.8 Å². The molecule has 3 aromatic rings. The Labute approximate surface area is 195 Å². The molecule has 0 bridgehead atoms. The summed E-state index contributed by atoms with van der Waals surface area (Å²) in [5, 5.41) is 14.3. The lowest BCUT2D eigenvalue weighted by molar-refractivity contribution is 0.102. The smallest absolute Gasteiger partial charge is 0.258 e. The van der Waals surface area contributed by atoms with Crippen LogP contribution in [0.25, 0.3) is 0 Å². The van der Waals surface area contributed by atoms with Crippen molar-refractivity contribution in [2.24, 2.45) is 0 Å². The Morgan fingerprint density at radius 3 is 2.22 bits per heavy atom. The number of anilines is 2. The number of amidine groups is 1. The van der Waals surface area contributed by atoms with E-state index in [1.54, 1.807) is 53.4 Å². The zero-order valence-electron chi connectivity index (χ0n) is 17.4. The molecule has 0 unspecified atom stereocenters. The number of nitrogens with one attached hydrogen (secondary N) is 3. The number of rotatable bonds is 6. The largest absolute Gasteiger partial charge is 0.360 e. The summed E-state index contributed by atoms with van der Waals surface area (Å²) in [4.78, 5) is 31.4. The predicted octanol–water partition coefficient (Wildman–Crippen LogP) is 5.17. The van der Waals surface area contributed by atoms with Crippen LogP contribution in [0.5, 0.6) is 0 Å². The number of carbonyl (C=O) groups excluding carboxylic acids is 2. The minimum absolute atomic E-state index is 0.186. The quantitative estimate of drug-likeness (QED) is 0.342. The molecule has 0 radical (unpaired) electrons. The van der Waals surface area contributed by atoms with Crippen LogP contribution >= 0.6 is 23.2 Å². The van der Waals surface area contributed by atoms with E-state index in [1.165, 1.54) is 12.3 Å². The highest BCUT2D eigenvalue weighted by Crippen LogP contribution is 2.23. The van der Waals surface area contributed by atoms with Gasteiger partial charge in [-0.15, -0.1) is 0 Å². The van der Waals surface area contributed by atoms with Crippen molar-refractivity contribution in [3.05, 3.63) is 87.5 Å². The first-order chi connectivity index (χ1) is 15.3. The third kappa shape index (κ3) is 5.63. The third-order valence-electron chi connectivity index (χ3n) is 4.72. The van der Waals surface area contributed by atoms with E-state index in [4.69, 9.17) is 28.6 Å². The van der Waals surface area contributed by atoms with E-state index in [0.29, 0.717) is 45.1 Å². The molecule has 3 rings (SSSR count).